The predicted octanol–water partition coefficient (Wildman–Crippen LogP) is 4.14. The molecular weight excluding hydrogens is 410 g/mol. The van der Waals surface area contributed by atoms with E-state index in [1.807, 2.05) is 12.1 Å². The maximum Gasteiger partial charge on any atom is 0.256 e. The second-order valence-corrected chi connectivity index (χ2v) is 8.76. The highest BCUT2D eigenvalue weighted by molar-refractivity contribution is 5.81. The fourth-order valence-corrected chi connectivity index (χ4v) is 5.15. The number of nitrogens with zero attached hydrogens (tertiary/aromatic N) is 3. The summed E-state index contributed by atoms with van der Waals surface area (Å²) in [7, 11) is 0. The van der Waals surface area contributed by atoms with Gasteiger partial charge in [0, 0.05) is 42.7 Å². The van der Waals surface area contributed by atoms with Crippen LogP contribution >= 0.6 is 0 Å². The van der Waals surface area contributed by atoms with Gasteiger partial charge < -0.3 is 9.88 Å². The molecular formula is C25H24F2N4O. The molecule has 7 heteroatoms. The number of anilines is 1. The van der Waals surface area contributed by atoms with Gasteiger partial charge >= 0.3 is 0 Å². The van der Waals surface area contributed by atoms with Crippen LogP contribution in [0.2, 0.25) is 0 Å². The summed E-state index contributed by atoms with van der Waals surface area (Å²) in [5, 5.41) is 10.1. The van der Waals surface area contributed by atoms with Gasteiger partial charge in [0.15, 0.2) is 0 Å². The zero-order valence-corrected chi connectivity index (χ0v) is 17.7. The topological polar surface area (TPSA) is 63.1 Å². The van der Waals surface area contributed by atoms with Crippen molar-refractivity contribution < 1.29 is 8.78 Å². The lowest BCUT2D eigenvalue weighted by atomic mass is 10.0. The molecule has 5 rings (SSSR count). The Morgan fingerprint density at radius 1 is 1.00 bits per heavy atom. The molecule has 2 fully saturated rings. The van der Waals surface area contributed by atoms with Crippen LogP contribution in [0.15, 0.2) is 47.3 Å². The lowest BCUT2D eigenvalue weighted by Crippen LogP contribution is -2.44. The third-order valence-electron chi connectivity index (χ3n) is 6.89. The molecule has 2 aliphatic heterocycles. The quantitative estimate of drug-likeness (QED) is 0.673. The molecule has 2 aliphatic rings. The average Bonchev–Trinajstić information content (AvgIpc) is 3.30. The van der Waals surface area contributed by atoms with Gasteiger partial charge in [0.1, 0.15) is 11.6 Å². The van der Waals surface area contributed by atoms with Crippen molar-refractivity contribution in [1.29, 1.82) is 5.26 Å². The minimum atomic E-state index is -0.407. The van der Waals surface area contributed by atoms with Crippen LogP contribution in [0.4, 0.5) is 14.5 Å². The van der Waals surface area contributed by atoms with E-state index in [-0.39, 0.29) is 17.3 Å². The standard InChI is InChI=1S/C25H24F2N4O/c26-19-3-2-17-12-23(29-25(32)21(17)13-19)18-5-8-31(15-18)20-6-9-30(10-7-20)24-4-1-16(14-28)11-22(24)27/h1-4,11-13,18,20H,5-10,15H2,(H,29,32). The molecule has 164 valence electrons. The number of aromatic amines is 1. The van der Waals surface area contributed by atoms with Crippen molar-refractivity contribution in [2.45, 2.75) is 31.2 Å². The number of nitrogens with one attached hydrogen (secondary N) is 1. The molecule has 1 N–H and O–H groups in total. The summed E-state index contributed by atoms with van der Waals surface area (Å²) in [6, 6.07) is 13.4. The number of nitriles is 1. The summed E-state index contributed by atoms with van der Waals surface area (Å²) in [4.78, 5) is 19.9. The number of hydrogen-bond donors (Lipinski definition) is 1. The van der Waals surface area contributed by atoms with E-state index in [0.29, 0.717) is 22.7 Å². The molecule has 2 saturated heterocycles. The monoisotopic (exact) mass is 434 g/mol. The van der Waals surface area contributed by atoms with Crippen molar-refractivity contribution in [2.75, 3.05) is 31.1 Å². The first-order chi connectivity index (χ1) is 15.5. The first-order valence-corrected chi connectivity index (χ1v) is 11.0. The molecule has 0 aliphatic carbocycles. The Morgan fingerprint density at radius 2 is 1.81 bits per heavy atom. The highest BCUT2D eigenvalue weighted by Crippen LogP contribution is 2.32. The summed E-state index contributed by atoms with van der Waals surface area (Å²) in [5.41, 5.74) is 1.56. The van der Waals surface area contributed by atoms with Crippen molar-refractivity contribution in [2.24, 2.45) is 0 Å². The Hall–Kier alpha value is -3.24. The van der Waals surface area contributed by atoms with E-state index in [0.717, 1.165) is 56.5 Å². The number of piperidine rings is 1. The molecule has 0 radical (unpaired) electrons. The summed E-state index contributed by atoms with van der Waals surface area (Å²) < 4.78 is 27.8. The third kappa shape index (κ3) is 3.87. The molecule has 0 saturated carbocycles. The van der Waals surface area contributed by atoms with E-state index in [1.54, 1.807) is 18.2 Å². The number of likely N-dealkylation sites (tertiary alicyclic amines) is 1. The van der Waals surface area contributed by atoms with E-state index < -0.39 is 5.82 Å². The number of pyridine rings is 1. The molecule has 1 unspecified atom stereocenters. The van der Waals surface area contributed by atoms with Crippen molar-refractivity contribution in [3.8, 4) is 6.07 Å². The van der Waals surface area contributed by atoms with E-state index in [2.05, 4.69) is 14.8 Å². The van der Waals surface area contributed by atoms with Crippen LogP contribution in [-0.4, -0.2) is 42.1 Å². The molecule has 0 bridgehead atoms. The van der Waals surface area contributed by atoms with Gasteiger partial charge in [-0.05, 0) is 67.6 Å². The van der Waals surface area contributed by atoms with Crippen LogP contribution < -0.4 is 10.5 Å². The van der Waals surface area contributed by atoms with Gasteiger partial charge in [-0.2, -0.15) is 5.26 Å². The molecule has 5 nitrogen and oxygen atoms in total. The number of aromatic nitrogens is 1. The van der Waals surface area contributed by atoms with Gasteiger partial charge in [0.05, 0.1) is 17.3 Å². The molecule has 2 aromatic carbocycles. The van der Waals surface area contributed by atoms with E-state index in [4.69, 9.17) is 5.26 Å². The SMILES string of the molecule is N#Cc1ccc(N2CCC(N3CCC(c4cc5ccc(F)cc5c(=O)[nH]4)C3)CC2)c(F)c1. The number of hydrogen-bond acceptors (Lipinski definition) is 4. The maximum absolute atomic E-state index is 14.4. The Morgan fingerprint density at radius 3 is 2.56 bits per heavy atom. The molecule has 3 aromatic rings. The van der Waals surface area contributed by atoms with Crippen LogP contribution in [0.1, 0.15) is 36.4 Å². The summed E-state index contributed by atoms with van der Waals surface area (Å²) >= 11 is 0. The summed E-state index contributed by atoms with van der Waals surface area (Å²) in [6.07, 6.45) is 2.85. The minimum absolute atomic E-state index is 0.242. The zero-order valence-electron chi connectivity index (χ0n) is 17.7. The second kappa shape index (κ2) is 8.36. The molecule has 32 heavy (non-hydrogen) atoms. The minimum Gasteiger partial charge on any atom is -0.369 e. The first kappa shape index (κ1) is 20.7. The first-order valence-electron chi connectivity index (χ1n) is 11.0. The molecule has 1 atom stereocenters. The average molecular weight is 434 g/mol. The fraction of sp³-hybridized carbons (Fsp3) is 0.360. The highest BCUT2D eigenvalue weighted by Gasteiger charge is 2.32. The third-order valence-corrected chi connectivity index (χ3v) is 6.89. The highest BCUT2D eigenvalue weighted by atomic mass is 19.1. The molecule has 0 amide bonds. The van der Waals surface area contributed by atoms with Crippen molar-refractivity contribution in [3.63, 3.8) is 0 Å². The van der Waals surface area contributed by atoms with Crippen molar-refractivity contribution in [3.05, 3.63) is 75.7 Å². The lowest BCUT2D eigenvalue weighted by molar-refractivity contribution is 0.205. The smallest absolute Gasteiger partial charge is 0.256 e. The Bertz CT molecular complexity index is 1260. The fourth-order valence-electron chi connectivity index (χ4n) is 5.15. The summed E-state index contributed by atoms with van der Waals surface area (Å²) in [5.74, 6) is -0.509. The van der Waals surface area contributed by atoms with Gasteiger partial charge in [-0.1, -0.05) is 6.07 Å². The van der Waals surface area contributed by atoms with Crippen LogP contribution in [0.5, 0.6) is 0 Å². The van der Waals surface area contributed by atoms with Gasteiger partial charge in [-0.15, -0.1) is 0 Å². The Balaban J connectivity index is 1.24. The van der Waals surface area contributed by atoms with Crippen LogP contribution in [0, 0.1) is 23.0 Å². The lowest BCUT2D eigenvalue weighted by Gasteiger charge is -2.38. The van der Waals surface area contributed by atoms with E-state index >= 15 is 0 Å². The number of halogens is 2. The Kier molecular flexibility index (Phi) is 5.40. The maximum atomic E-state index is 14.4. The van der Waals surface area contributed by atoms with Crippen LogP contribution in [0.3, 0.4) is 0 Å². The largest absolute Gasteiger partial charge is 0.369 e. The normalized spacial score (nSPS) is 20.0. The van der Waals surface area contributed by atoms with Gasteiger partial charge in [-0.25, -0.2) is 8.78 Å². The number of benzene rings is 2. The van der Waals surface area contributed by atoms with Crippen molar-refractivity contribution >= 4 is 16.5 Å². The van der Waals surface area contributed by atoms with Gasteiger partial charge in [0.25, 0.3) is 5.56 Å². The van der Waals surface area contributed by atoms with E-state index in [1.165, 1.54) is 18.2 Å². The van der Waals surface area contributed by atoms with Gasteiger partial charge in [0.2, 0.25) is 0 Å². The van der Waals surface area contributed by atoms with Crippen molar-refractivity contribution in [1.82, 2.24) is 9.88 Å². The van der Waals surface area contributed by atoms with Crippen LogP contribution in [0.25, 0.3) is 10.8 Å². The molecule has 1 aromatic heterocycles. The molecule has 3 heterocycles. The number of H-pyrrole nitrogens is 1. The zero-order chi connectivity index (χ0) is 22.2. The van der Waals surface area contributed by atoms with E-state index in [9.17, 15) is 13.6 Å². The number of rotatable bonds is 3. The van der Waals surface area contributed by atoms with Crippen LogP contribution in [-0.2, 0) is 0 Å². The second-order valence-electron chi connectivity index (χ2n) is 8.76. The number of fused-ring (bicyclic) bond motifs is 1. The molecule has 0 spiro atoms. The van der Waals surface area contributed by atoms with Gasteiger partial charge in [-0.3, -0.25) is 9.69 Å². The summed E-state index contributed by atoms with van der Waals surface area (Å²) in [6.45, 7) is 3.38. The Labute approximate surface area is 184 Å². The predicted molar refractivity (Wildman–Crippen MR) is 120 cm³/mol.